The Balaban J connectivity index is 2.04. The van der Waals surface area contributed by atoms with Gasteiger partial charge in [-0.15, -0.1) is 0 Å². The molecule has 2 N–H and O–H groups in total. The van der Waals surface area contributed by atoms with E-state index in [-0.39, 0.29) is 12.0 Å². The summed E-state index contributed by atoms with van der Waals surface area (Å²) < 4.78 is 10.9. The summed E-state index contributed by atoms with van der Waals surface area (Å²) in [6.45, 7) is 2.37. The number of nitrogens with two attached hydrogens (primary N) is 1. The van der Waals surface area contributed by atoms with E-state index in [0.717, 1.165) is 30.8 Å². The minimum atomic E-state index is 0.0795. The van der Waals surface area contributed by atoms with Crippen molar-refractivity contribution in [2.75, 3.05) is 26.8 Å². The van der Waals surface area contributed by atoms with Crippen LogP contribution in [0.4, 0.5) is 0 Å². The van der Waals surface area contributed by atoms with Gasteiger partial charge >= 0.3 is 0 Å². The van der Waals surface area contributed by atoms with E-state index in [4.69, 9.17) is 15.2 Å². The first-order valence-corrected chi connectivity index (χ1v) is 7.45. The molecule has 0 bridgehead atoms. The van der Waals surface area contributed by atoms with Crippen LogP contribution in [-0.2, 0) is 16.1 Å². The van der Waals surface area contributed by atoms with Gasteiger partial charge in [0.1, 0.15) is 5.75 Å². The van der Waals surface area contributed by atoms with Crippen LogP contribution in [-0.4, -0.2) is 43.7 Å². The first kappa shape index (κ1) is 15.8. The van der Waals surface area contributed by atoms with Crippen LogP contribution >= 0.6 is 0 Å². The monoisotopic (exact) mass is 292 g/mol. The van der Waals surface area contributed by atoms with Gasteiger partial charge in [0.25, 0.3) is 0 Å². The van der Waals surface area contributed by atoms with E-state index >= 15 is 0 Å². The molecule has 1 saturated heterocycles. The van der Waals surface area contributed by atoms with Crippen LogP contribution in [0.3, 0.4) is 0 Å². The number of hydrogen-bond donors (Lipinski definition) is 1. The van der Waals surface area contributed by atoms with Crippen LogP contribution < -0.4 is 10.5 Å². The molecule has 0 spiro atoms. The number of nitrogens with zero attached hydrogens (tertiary/aromatic N) is 1. The molecule has 0 radical (unpaired) electrons. The number of hydrogen-bond acceptors (Lipinski definition) is 4. The average molecular weight is 292 g/mol. The lowest BCUT2D eigenvalue weighted by Gasteiger charge is -2.25. The Morgan fingerprint density at radius 3 is 3.05 bits per heavy atom. The number of benzene rings is 1. The Labute approximate surface area is 126 Å². The summed E-state index contributed by atoms with van der Waals surface area (Å²) in [5, 5.41) is 0. The maximum Gasteiger partial charge on any atom is 0.224 e. The highest BCUT2D eigenvalue weighted by molar-refractivity contribution is 5.76. The molecule has 1 aliphatic rings. The molecule has 0 saturated carbocycles. The third kappa shape index (κ3) is 4.72. The van der Waals surface area contributed by atoms with Crippen LogP contribution in [0.2, 0.25) is 0 Å². The Bertz CT molecular complexity index is 459. The summed E-state index contributed by atoms with van der Waals surface area (Å²) in [4.78, 5) is 14.1. The summed E-state index contributed by atoms with van der Waals surface area (Å²) in [5.41, 5.74) is 6.57. The fourth-order valence-electron chi connectivity index (χ4n) is 2.56. The van der Waals surface area contributed by atoms with Crippen LogP contribution in [0.25, 0.3) is 0 Å². The maximum absolute atomic E-state index is 12.2. The number of carbonyl (C=O) groups is 1. The van der Waals surface area contributed by atoms with Crippen molar-refractivity contribution < 1.29 is 14.3 Å². The van der Waals surface area contributed by atoms with Crippen molar-refractivity contribution in [1.29, 1.82) is 0 Å². The third-order valence-corrected chi connectivity index (χ3v) is 3.67. The summed E-state index contributed by atoms with van der Waals surface area (Å²) >= 11 is 0. The van der Waals surface area contributed by atoms with Crippen LogP contribution in [0.1, 0.15) is 24.8 Å². The Morgan fingerprint density at radius 2 is 2.38 bits per heavy atom. The zero-order chi connectivity index (χ0) is 15.1. The van der Waals surface area contributed by atoms with E-state index in [0.29, 0.717) is 26.1 Å². The van der Waals surface area contributed by atoms with E-state index in [1.807, 2.05) is 29.2 Å². The van der Waals surface area contributed by atoms with E-state index in [2.05, 4.69) is 0 Å². The second-order valence-corrected chi connectivity index (χ2v) is 5.30. The van der Waals surface area contributed by atoms with Crippen LogP contribution in [0.5, 0.6) is 5.75 Å². The van der Waals surface area contributed by atoms with Crippen molar-refractivity contribution in [2.45, 2.75) is 31.9 Å². The van der Waals surface area contributed by atoms with E-state index in [1.165, 1.54) is 0 Å². The fourth-order valence-corrected chi connectivity index (χ4v) is 2.56. The van der Waals surface area contributed by atoms with Gasteiger partial charge in [-0.2, -0.15) is 0 Å². The number of amides is 1. The van der Waals surface area contributed by atoms with Crippen molar-refractivity contribution in [1.82, 2.24) is 4.90 Å². The zero-order valence-electron chi connectivity index (χ0n) is 12.6. The Morgan fingerprint density at radius 1 is 1.52 bits per heavy atom. The molecule has 5 heteroatoms. The molecule has 1 aliphatic heterocycles. The average Bonchev–Trinajstić information content (AvgIpc) is 3.00. The lowest BCUT2D eigenvalue weighted by atomic mass is 10.1. The van der Waals surface area contributed by atoms with Gasteiger partial charge in [-0.05, 0) is 30.5 Å². The van der Waals surface area contributed by atoms with Gasteiger partial charge in [0.15, 0.2) is 0 Å². The number of carbonyl (C=O) groups excluding carboxylic acids is 1. The fraction of sp³-hybridized carbons (Fsp3) is 0.562. The Hall–Kier alpha value is -1.59. The summed E-state index contributed by atoms with van der Waals surface area (Å²) in [6.07, 6.45) is 2.61. The standard InChI is InChI=1S/C16H24N2O3/c1-20-14-5-2-4-13(10-14)11-18(16(19)7-8-17)12-15-6-3-9-21-15/h2,4-5,10,15H,3,6-9,11-12,17H2,1H3. The van der Waals surface area contributed by atoms with Gasteiger partial charge in [0.05, 0.1) is 13.2 Å². The minimum absolute atomic E-state index is 0.0795. The van der Waals surface area contributed by atoms with E-state index in [9.17, 15) is 4.79 Å². The molecular formula is C16H24N2O3. The quantitative estimate of drug-likeness (QED) is 0.828. The topological polar surface area (TPSA) is 64.8 Å². The summed E-state index contributed by atoms with van der Waals surface area (Å²) in [6, 6.07) is 7.79. The molecule has 21 heavy (non-hydrogen) atoms. The largest absolute Gasteiger partial charge is 0.497 e. The molecule has 1 aromatic rings. The predicted molar refractivity (Wildman–Crippen MR) is 81.1 cm³/mol. The summed E-state index contributed by atoms with van der Waals surface area (Å²) in [5.74, 6) is 0.881. The molecule has 1 heterocycles. The lowest BCUT2D eigenvalue weighted by Crippen LogP contribution is -2.37. The first-order valence-electron chi connectivity index (χ1n) is 7.45. The molecule has 1 amide bonds. The van der Waals surface area contributed by atoms with Crippen LogP contribution in [0.15, 0.2) is 24.3 Å². The van der Waals surface area contributed by atoms with Gasteiger partial charge in [0.2, 0.25) is 5.91 Å². The van der Waals surface area contributed by atoms with Gasteiger partial charge in [-0.1, -0.05) is 12.1 Å². The summed E-state index contributed by atoms with van der Waals surface area (Å²) in [7, 11) is 1.64. The normalized spacial score (nSPS) is 17.7. The highest BCUT2D eigenvalue weighted by Gasteiger charge is 2.22. The van der Waals surface area contributed by atoms with Crippen molar-refractivity contribution >= 4 is 5.91 Å². The Kier molecular flexibility index (Phi) is 6.02. The molecular weight excluding hydrogens is 268 g/mol. The van der Waals surface area contributed by atoms with Crippen molar-refractivity contribution in [3.05, 3.63) is 29.8 Å². The van der Waals surface area contributed by atoms with Crippen LogP contribution in [0, 0.1) is 0 Å². The van der Waals surface area contributed by atoms with Gasteiger partial charge < -0.3 is 20.1 Å². The highest BCUT2D eigenvalue weighted by Crippen LogP contribution is 2.18. The van der Waals surface area contributed by atoms with E-state index < -0.39 is 0 Å². The van der Waals surface area contributed by atoms with Gasteiger partial charge in [-0.25, -0.2) is 0 Å². The smallest absolute Gasteiger partial charge is 0.224 e. The van der Waals surface area contributed by atoms with Gasteiger partial charge in [0, 0.05) is 32.7 Å². The van der Waals surface area contributed by atoms with Crippen molar-refractivity contribution in [3.63, 3.8) is 0 Å². The lowest BCUT2D eigenvalue weighted by molar-refractivity contribution is -0.133. The number of rotatable bonds is 7. The number of ether oxygens (including phenoxy) is 2. The van der Waals surface area contributed by atoms with E-state index in [1.54, 1.807) is 7.11 Å². The molecule has 1 fully saturated rings. The molecule has 5 nitrogen and oxygen atoms in total. The maximum atomic E-state index is 12.2. The number of methoxy groups -OCH3 is 1. The molecule has 116 valence electrons. The van der Waals surface area contributed by atoms with Crippen molar-refractivity contribution in [2.24, 2.45) is 5.73 Å². The molecule has 1 unspecified atom stereocenters. The molecule has 0 aromatic heterocycles. The first-order chi connectivity index (χ1) is 10.2. The second kappa shape index (κ2) is 8.00. The third-order valence-electron chi connectivity index (χ3n) is 3.67. The predicted octanol–water partition coefficient (Wildman–Crippen LogP) is 1.55. The molecule has 1 aromatic carbocycles. The molecule has 2 rings (SSSR count). The van der Waals surface area contributed by atoms with Crippen molar-refractivity contribution in [3.8, 4) is 5.75 Å². The molecule has 1 atom stereocenters. The van der Waals surface area contributed by atoms with Gasteiger partial charge in [-0.3, -0.25) is 4.79 Å². The highest BCUT2D eigenvalue weighted by atomic mass is 16.5. The second-order valence-electron chi connectivity index (χ2n) is 5.30. The minimum Gasteiger partial charge on any atom is -0.497 e. The SMILES string of the molecule is COc1cccc(CN(CC2CCCO2)C(=O)CCN)c1. The molecule has 0 aliphatic carbocycles. The zero-order valence-corrected chi connectivity index (χ0v) is 12.6.